The van der Waals surface area contributed by atoms with Crippen LogP contribution < -0.4 is 4.74 Å². The predicted molar refractivity (Wildman–Crippen MR) is 95.6 cm³/mol. The van der Waals surface area contributed by atoms with E-state index in [0.29, 0.717) is 39.0 Å². The summed E-state index contributed by atoms with van der Waals surface area (Å²) in [5.74, 6) is -0.386. The van der Waals surface area contributed by atoms with Crippen LogP contribution in [0.1, 0.15) is 25.7 Å². The molecule has 1 amide bonds. The summed E-state index contributed by atoms with van der Waals surface area (Å²) in [6.07, 6.45) is 2.42. The van der Waals surface area contributed by atoms with Crippen LogP contribution in [0.4, 0.5) is 0 Å². The molecule has 0 aromatic heterocycles. The summed E-state index contributed by atoms with van der Waals surface area (Å²) in [7, 11) is 0. The van der Waals surface area contributed by atoms with E-state index in [0.717, 1.165) is 22.9 Å². The van der Waals surface area contributed by atoms with Gasteiger partial charge in [0.15, 0.2) is 0 Å². The number of ether oxygens (including phenoxy) is 1. The minimum Gasteiger partial charge on any atom is -0.493 e. The van der Waals surface area contributed by atoms with Crippen molar-refractivity contribution < 1.29 is 19.4 Å². The lowest BCUT2D eigenvalue weighted by Gasteiger charge is -2.30. The summed E-state index contributed by atoms with van der Waals surface area (Å²) >= 11 is 0. The minimum absolute atomic E-state index is 0.0208. The Balaban J connectivity index is 1.48. The Labute approximate surface area is 147 Å². The fourth-order valence-corrected chi connectivity index (χ4v) is 3.29. The van der Waals surface area contributed by atoms with Crippen LogP contribution in [0, 0.1) is 5.92 Å². The Kier molecular flexibility index (Phi) is 5.53. The molecule has 0 bridgehead atoms. The summed E-state index contributed by atoms with van der Waals surface area (Å²) in [5, 5.41) is 11.3. The van der Waals surface area contributed by atoms with E-state index < -0.39 is 11.9 Å². The fraction of sp³-hybridized carbons (Fsp3) is 0.400. The smallest absolute Gasteiger partial charge is 0.308 e. The highest BCUT2D eigenvalue weighted by molar-refractivity contribution is 5.88. The molecule has 5 nitrogen and oxygen atoms in total. The van der Waals surface area contributed by atoms with Crippen molar-refractivity contribution in [2.45, 2.75) is 25.7 Å². The van der Waals surface area contributed by atoms with Crippen LogP contribution in [0.15, 0.2) is 42.5 Å². The van der Waals surface area contributed by atoms with Gasteiger partial charge in [0.2, 0.25) is 5.91 Å². The molecule has 1 atom stereocenters. The van der Waals surface area contributed by atoms with Gasteiger partial charge in [0.25, 0.3) is 0 Å². The third-order valence-electron chi connectivity index (χ3n) is 4.67. The summed E-state index contributed by atoms with van der Waals surface area (Å²) in [4.78, 5) is 25.0. The first-order chi connectivity index (χ1) is 12.1. The number of likely N-dealkylation sites (tertiary alicyclic amines) is 1. The zero-order chi connectivity index (χ0) is 17.6. The van der Waals surface area contributed by atoms with E-state index in [1.165, 1.54) is 0 Å². The van der Waals surface area contributed by atoms with E-state index in [4.69, 9.17) is 9.84 Å². The summed E-state index contributed by atoms with van der Waals surface area (Å²) in [5.41, 5.74) is 0. The van der Waals surface area contributed by atoms with Crippen molar-refractivity contribution in [3.63, 3.8) is 0 Å². The van der Waals surface area contributed by atoms with E-state index in [1.54, 1.807) is 4.90 Å². The molecule has 1 heterocycles. The number of rotatable bonds is 6. The molecule has 1 aliphatic rings. The van der Waals surface area contributed by atoms with Crippen molar-refractivity contribution in [3.8, 4) is 5.75 Å². The second-order valence-electron chi connectivity index (χ2n) is 6.45. The third kappa shape index (κ3) is 4.29. The van der Waals surface area contributed by atoms with Crippen molar-refractivity contribution in [1.82, 2.24) is 4.90 Å². The second kappa shape index (κ2) is 8.01. The minimum atomic E-state index is -0.809. The molecule has 5 heteroatoms. The van der Waals surface area contributed by atoms with Gasteiger partial charge in [-0.25, -0.2) is 0 Å². The van der Waals surface area contributed by atoms with Gasteiger partial charge < -0.3 is 14.7 Å². The maximum atomic E-state index is 12.3. The quantitative estimate of drug-likeness (QED) is 0.819. The van der Waals surface area contributed by atoms with Gasteiger partial charge in [0.05, 0.1) is 12.5 Å². The summed E-state index contributed by atoms with van der Waals surface area (Å²) < 4.78 is 5.85. The molecule has 132 valence electrons. The van der Waals surface area contributed by atoms with E-state index in [9.17, 15) is 9.59 Å². The number of piperidine rings is 1. The van der Waals surface area contributed by atoms with Gasteiger partial charge in [0.1, 0.15) is 5.75 Å². The Bertz CT molecular complexity index is 753. The molecule has 2 aromatic rings. The SMILES string of the molecule is O=C(O)[C@H]1CCCN(C(=O)CCCOc2cccc3ccccc23)C1. The summed E-state index contributed by atoms with van der Waals surface area (Å²) in [6.45, 7) is 1.46. The monoisotopic (exact) mass is 341 g/mol. The normalized spacial score (nSPS) is 17.4. The highest BCUT2D eigenvalue weighted by Gasteiger charge is 2.27. The molecule has 25 heavy (non-hydrogen) atoms. The molecule has 1 N–H and O–H groups in total. The number of carboxylic acids is 1. The molecule has 2 aromatic carbocycles. The van der Waals surface area contributed by atoms with Gasteiger partial charge in [-0.1, -0.05) is 36.4 Å². The molecule has 0 radical (unpaired) electrons. The fourth-order valence-electron chi connectivity index (χ4n) is 3.29. The largest absolute Gasteiger partial charge is 0.493 e. The lowest BCUT2D eigenvalue weighted by atomic mass is 9.98. The van der Waals surface area contributed by atoms with Crippen molar-refractivity contribution in [1.29, 1.82) is 0 Å². The first kappa shape index (κ1) is 17.3. The highest BCUT2D eigenvalue weighted by Crippen LogP contribution is 2.25. The number of hydrogen-bond acceptors (Lipinski definition) is 3. The molecule has 0 spiro atoms. The average Bonchev–Trinajstić information content (AvgIpc) is 2.65. The third-order valence-corrected chi connectivity index (χ3v) is 4.67. The molecular formula is C20H23NO4. The van der Waals surface area contributed by atoms with Crippen LogP contribution in [-0.4, -0.2) is 41.6 Å². The summed E-state index contributed by atoms with van der Waals surface area (Å²) in [6, 6.07) is 14.0. The predicted octanol–water partition coefficient (Wildman–Crippen LogP) is 3.32. The molecule has 0 unspecified atom stereocenters. The topological polar surface area (TPSA) is 66.8 Å². The number of carboxylic acid groups (broad SMARTS) is 1. The number of nitrogens with zero attached hydrogens (tertiary/aromatic N) is 1. The number of carbonyl (C=O) groups is 2. The first-order valence-electron chi connectivity index (χ1n) is 8.76. The first-order valence-corrected chi connectivity index (χ1v) is 8.76. The van der Waals surface area contributed by atoms with Gasteiger partial charge in [-0.05, 0) is 30.7 Å². The van der Waals surface area contributed by atoms with Crippen LogP contribution in [0.5, 0.6) is 5.75 Å². The van der Waals surface area contributed by atoms with E-state index in [2.05, 4.69) is 0 Å². The van der Waals surface area contributed by atoms with Gasteiger partial charge in [0, 0.05) is 24.9 Å². The molecule has 1 aliphatic heterocycles. The number of fused-ring (bicyclic) bond motifs is 1. The molecular weight excluding hydrogens is 318 g/mol. The average molecular weight is 341 g/mol. The van der Waals surface area contributed by atoms with Crippen LogP contribution in [-0.2, 0) is 9.59 Å². The molecule has 1 saturated heterocycles. The number of carbonyl (C=O) groups excluding carboxylic acids is 1. The number of amides is 1. The van der Waals surface area contributed by atoms with E-state index in [-0.39, 0.29) is 5.91 Å². The highest BCUT2D eigenvalue weighted by atomic mass is 16.5. The van der Waals surface area contributed by atoms with Crippen LogP contribution >= 0.6 is 0 Å². The number of aliphatic carboxylic acids is 1. The van der Waals surface area contributed by atoms with E-state index in [1.807, 2.05) is 42.5 Å². The molecule has 1 fully saturated rings. The number of benzene rings is 2. The Morgan fingerprint density at radius 2 is 1.96 bits per heavy atom. The standard InChI is InChI=1S/C20H23NO4/c22-19(21-12-4-8-16(14-21)20(23)24)11-5-13-25-18-10-3-7-15-6-1-2-9-17(15)18/h1-3,6-7,9-10,16H,4-5,8,11-14H2,(H,23,24)/t16-/m0/s1. The van der Waals surface area contributed by atoms with Gasteiger partial charge in [-0.2, -0.15) is 0 Å². The van der Waals surface area contributed by atoms with Crippen molar-refractivity contribution in [2.24, 2.45) is 5.92 Å². The van der Waals surface area contributed by atoms with Crippen LogP contribution in [0.25, 0.3) is 10.8 Å². The molecule has 0 aliphatic carbocycles. The van der Waals surface area contributed by atoms with Gasteiger partial charge in [-0.15, -0.1) is 0 Å². The maximum absolute atomic E-state index is 12.3. The van der Waals surface area contributed by atoms with Gasteiger partial charge in [-0.3, -0.25) is 9.59 Å². The Morgan fingerprint density at radius 3 is 2.80 bits per heavy atom. The van der Waals surface area contributed by atoms with Crippen molar-refractivity contribution >= 4 is 22.6 Å². The molecule has 3 rings (SSSR count). The maximum Gasteiger partial charge on any atom is 0.308 e. The van der Waals surface area contributed by atoms with Crippen LogP contribution in [0.3, 0.4) is 0 Å². The van der Waals surface area contributed by atoms with Gasteiger partial charge >= 0.3 is 5.97 Å². The zero-order valence-electron chi connectivity index (χ0n) is 14.2. The molecule has 0 saturated carbocycles. The van der Waals surface area contributed by atoms with Crippen LogP contribution in [0.2, 0.25) is 0 Å². The number of hydrogen-bond donors (Lipinski definition) is 1. The lowest BCUT2D eigenvalue weighted by molar-refractivity contribution is -0.145. The van der Waals surface area contributed by atoms with Crippen molar-refractivity contribution in [3.05, 3.63) is 42.5 Å². The second-order valence-corrected chi connectivity index (χ2v) is 6.45. The zero-order valence-corrected chi connectivity index (χ0v) is 14.2. The lowest BCUT2D eigenvalue weighted by Crippen LogP contribution is -2.42. The van der Waals surface area contributed by atoms with E-state index >= 15 is 0 Å². The van der Waals surface area contributed by atoms with Crippen molar-refractivity contribution in [2.75, 3.05) is 19.7 Å². The Hall–Kier alpha value is -2.56. The Morgan fingerprint density at radius 1 is 1.16 bits per heavy atom.